The van der Waals surface area contributed by atoms with Crippen LogP contribution in [0.15, 0.2) is 64.3 Å². The predicted molar refractivity (Wildman–Crippen MR) is 103 cm³/mol. The lowest BCUT2D eigenvalue weighted by Crippen LogP contribution is -2.13. The number of ether oxygens (including phenoxy) is 1. The Hall–Kier alpha value is -3.38. The first-order valence-corrected chi connectivity index (χ1v) is 10.2. The van der Waals surface area contributed by atoms with Crippen molar-refractivity contribution in [1.82, 2.24) is 15.3 Å². The largest absolute Gasteiger partial charge is 0.438 e. The number of hydrogen-bond acceptors (Lipinski definition) is 7. The van der Waals surface area contributed by atoms with Crippen molar-refractivity contribution in [3.63, 3.8) is 0 Å². The van der Waals surface area contributed by atoms with Gasteiger partial charge in [-0.05, 0) is 52.8 Å². The molecule has 0 saturated heterocycles. The van der Waals surface area contributed by atoms with Crippen LogP contribution in [-0.2, 0) is 16.2 Å². The average molecular weight is 471 g/mol. The predicted octanol–water partition coefficient (Wildman–Crippen LogP) is 4.88. The minimum absolute atomic E-state index is 0.0974. The first-order valence-electron chi connectivity index (χ1n) is 8.38. The van der Waals surface area contributed by atoms with Gasteiger partial charge in [0.15, 0.2) is 5.52 Å². The molecule has 2 aromatic heterocycles. The summed E-state index contributed by atoms with van der Waals surface area (Å²) in [6.45, 7) is 0. The zero-order valence-corrected chi connectivity index (χ0v) is 16.7. The van der Waals surface area contributed by atoms with Gasteiger partial charge in [0.25, 0.3) is 10.0 Å². The second kappa shape index (κ2) is 7.71. The molecule has 0 saturated carbocycles. The van der Waals surface area contributed by atoms with E-state index >= 15 is 0 Å². The number of nitrogens with zero attached hydrogens (tertiary/aromatic N) is 3. The molecule has 0 spiro atoms. The first kappa shape index (κ1) is 20.9. The molecular weight excluding hydrogens is 461 g/mol. The van der Waals surface area contributed by atoms with E-state index in [9.17, 15) is 21.6 Å². The van der Waals surface area contributed by atoms with Gasteiger partial charge in [-0.2, -0.15) is 13.2 Å². The van der Waals surface area contributed by atoms with Gasteiger partial charge >= 0.3 is 6.18 Å². The summed E-state index contributed by atoms with van der Waals surface area (Å²) in [6, 6.07) is 10.5. The van der Waals surface area contributed by atoms with Crippen molar-refractivity contribution in [2.24, 2.45) is 0 Å². The zero-order valence-electron chi connectivity index (χ0n) is 15.1. The summed E-state index contributed by atoms with van der Waals surface area (Å²) in [4.78, 5) is 3.47. The molecule has 0 aliphatic rings. The highest BCUT2D eigenvalue weighted by Gasteiger charge is 2.31. The first-order chi connectivity index (χ1) is 14.6. The Kier molecular flexibility index (Phi) is 5.19. The minimum atomic E-state index is -4.59. The highest BCUT2D eigenvalue weighted by atomic mass is 35.5. The molecule has 0 radical (unpaired) electrons. The number of halogens is 4. The zero-order chi connectivity index (χ0) is 22.2. The number of aromatic nitrogens is 3. The fourth-order valence-corrected chi connectivity index (χ4v) is 3.82. The van der Waals surface area contributed by atoms with Gasteiger partial charge in [-0.25, -0.2) is 18.0 Å². The second-order valence-electron chi connectivity index (χ2n) is 6.13. The number of pyridine rings is 1. The standard InChI is InChI=1S/C18H10ClF3N4O4S/c19-13-8-10(18(20,21)22)9-23-17(13)29-11-4-6-12(7-5-11)31(27,28)26-15-3-1-2-14-16(15)25-30-24-14/h1-9,26H. The van der Waals surface area contributed by atoms with Gasteiger partial charge in [-0.3, -0.25) is 4.72 Å². The molecule has 4 aromatic rings. The summed E-state index contributed by atoms with van der Waals surface area (Å²) >= 11 is 5.81. The van der Waals surface area contributed by atoms with Crippen LogP contribution in [0.3, 0.4) is 0 Å². The van der Waals surface area contributed by atoms with Crippen LogP contribution in [0.4, 0.5) is 18.9 Å². The van der Waals surface area contributed by atoms with E-state index in [0.717, 1.165) is 0 Å². The Morgan fingerprint density at radius 2 is 1.81 bits per heavy atom. The van der Waals surface area contributed by atoms with Gasteiger partial charge in [-0.1, -0.05) is 17.7 Å². The number of sulfonamides is 1. The second-order valence-corrected chi connectivity index (χ2v) is 8.21. The number of nitrogens with one attached hydrogen (secondary N) is 1. The van der Waals surface area contributed by atoms with E-state index in [4.69, 9.17) is 16.3 Å². The van der Waals surface area contributed by atoms with Crippen LogP contribution in [0.25, 0.3) is 11.0 Å². The number of rotatable bonds is 5. The Balaban J connectivity index is 1.53. The summed E-state index contributed by atoms with van der Waals surface area (Å²) in [5.41, 5.74) is -0.214. The van der Waals surface area contributed by atoms with Crippen molar-refractivity contribution < 1.29 is 31.0 Å². The highest BCUT2D eigenvalue weighted by molar-refractivity contribution is 7.92. The quantitative estimate of drug-likeness (QED) is 0.442. The Morgan fingerprint density at radius 3 is 2.48 bits per heavy atom. The monoisotopic (exact) mass is 470 g/mol. The fraction of sp³-hybridized carbons (Fsp3) is 0.0556. The lowest BCUT2D eigenvalue weighted by molar-refractivity contribution is -0.137. The van der Waals surface area contributed by atoms with Crippen LogP contribution in [0.5, 0.6) is 11.6 Å². The van der Waals surface area contributed by atoms with Crippen LogP contribution < -0.4 is 9.46 Å². The maximum atomic E-state index is 12.7. The smallest absolute Gasteiger partial charge is 0.417 e. The van der Waals surface area contributed by atoms with E-state index in [2.05, 4.69) is 24.6 Å². The molecule has 2 aromatic carbocycles. The Labute approximate surface area is 177 Å². The van der Waals surface area contributed by atoms with E-state index < -0.39 is 21.8 Å². The Bertz CT molecular complexity index is 1360. The number of anilines is 1. The van der Waals surface area contributed by atoms with Gasteiger partial charge in [0.05, 0.1) is 16.1 Å². The van der Waals surface area contributed by atoms with Crippen LogP contribution in [0.1, 0.15) is 5.56 Å². The molecule has 13 heteroatoms. The minimum Gasteiger partial charge on any atom is -0.438 e. The molecule has 0 atom stereocenters. The molecule has 0 bridgehead atoms. The van der Waals surface area contributed by atoms with Gasteiger partial charge in [0, 0.05) is 6.20 Å². The number of alkyl halides is 3. The molecule has 0 aliphatic heterocycles. The summed E-state index contributed by atoms with van der Waals surface area (Å²) in [5, 5.41) is 6.96. The molecule has 8 nitrogen and oxygen atoms in total. The fourth-order valence-electron chi connectivity index (χ4n) is 2.55. The van der Waals surface area contributed by atoms with Crippen molar-refractivity contribution >= 4 is 38.3 Å². The number of hydrogen-bond donors (Lipinski definition) is 1. The summed E-state index contributed by atoms with van der Waals surface area (Å²) in [7, 11) is -3.98. The molecule has 31 heavy (non-hydrogen) atoms. The maximum Gasteiger partial charge on any atom is 0.417 e. The molecular formula is C18H10ClF3N4O4S. The van der Waals surface area contributed by atoms with E-state index in [1.807, 2.05) is 0 Å². The van der Waals surface area contributed by atoms with Crippen LogP contribution in [0.2, 0.25) is 5.02 Å². The lowest BCUT2D eigenvalue weighted by Gasteiger charge is -2.11. The molecule has 0 unspecified atom stereocenters. The van der Waals surface area contributed by atoms with Crippen molar-refractivity contribution in [2.45, 2.75) is 11.1 Å². The van der Waals surface area contributed by atoms with Crippen molar-refractivity contribution in [1.29, 1.82) is 0 Å². The molecule has 0 fully saturated rings. The Morgan fingerprint density at radius 1 is 1.06 bits per heavy atom. The molecule has 2 heterocycles. The molecule has 1 N–H and O–H groups in total. The SMILES string of the molecule is O=S(=O)(Nc1cccc2nonc12)c1ccc(Oc2ncc(C(F)(F)F)cc2Cl)cc1. The number of fused-ring (bicyclic) bond motifs is 1. The van der Waals surface area contributed by atoms with Crippen molar-refractivity contribution in [3.8, 4) is 11.6 Å². The van der Waals surface area contributed by atoms with Gasteiger partial charge in [0.1, 0.15) is 16.3 Å². The number of benzene rings is 2. The molecule has 0 amide bonds. The summed E-state index contributed by atoms with van der Waals surface area (Å²) in [6.07, 6.45) is -4.01. The third kappa shape index (κ3) is 4.39. The van der Waals surface area contributed by atoms with Crippen LogP contribution in [0, 0.1) is 0 Å². The van der Waals surface area contributed by atoms with E-state index in [0.29, 0.717) is 17.8 Å². The van der Waals surface area contributed by atoms with E-state index in [1.165, 1.54) is 30.3 Å². The van der Waals surface area contributed by atoms with Gasteiger partial charge in [0.2, 0.25) is 5.88 Å². The van der Waals surface area contributed by atoms with Crippen LogP contribution >= 0.6 is 11.6 Å². The van der Waals surface area contributed by atoms with E-state index in [1.54, 1.807) is 12.1 Å². The van der Waals surface area contributed by atoms with Gasteiger partial charge in [-0.15, -0.1) is 0 Å². The average Bonchev–Trinajstić information content (AvgIpc) is 3.19. The topological polar surface area (TPSA) is 107 Å². The molecule has 0 aliphatic carbocycles. The van der Waals surface area contributed by atoms with Gasteiger partial charge < -0.3 is 4.74 Å². The normalized spacial score (nSPS) is 12.1. The maximum absolute atomic E-state index is 12.7. The molecule has 4 rings (SSSR count). The molecule has 160 valence electrons. The summed E-state index contributed by atoms with van der Waals surface area (Å²) < 4.78 is 75.7. The lowest BCUT2D eigenvalue weighted by atomic mass is 10.3. The third-order valence-corrected chi connectivity index (χ3v) is 5.67. The highest BCUT2D eigenvalue weighted by Crippen LogP contribution is 2.35. The third-order valence-electron chi connectivity index (χ3n) is 4.01. The van der Waals surface area contributed by atoms with Crippen LogP contribution in [-0.4, -0.2) is 23.7 Å². The van der Waals surface area contributed by atoms with Crippen molar-refractivity contribution in [3.05, 3.63) is 65.3 Å². The van der Waals surface area contributed by atoms with Crippen molar-refractivity contribution in [2.75, 3.05) is 4.72 Å². The summed E-state index contributed by atoms with van der Waals surface area (Å²) in [5.74, 6) is -0.135. The van der Waals surface area contributed by atoms with E-state index in [-0.39, 0.29) is 32.8 Å².